The summed E-state index contributed by atoms with van der Waals surface area (Å²) in [7, 11) is 0. The fourth-order valence-electron chi connectivity index (χ4n) is 1.91. The van der Waals surface area contributed by atoms with E-state index in [2.05, 4.69) is 5.32 Å². The molecule has 2 aromatic rings. The number of nitrogens with zero attached hydrogens (tertiary/aromatic N) is 1. The van der Waals surface area contributed by atoms with E-state index in [1.807, 2.05) is 31.2 Å². The maximum absolute atomic E-state index is 13.5. The highest BCUT2D eigenvalue weighted by molar-refractivity contribution is 5.50. The van der Waals surface area contributed by atoms with Crippen LogP contribution in [0, 0.1) is 15.9 Å². The van der Waals surface area contributed by atoms with Gasteiger partial charge in [0.25, 0.3) is 0 Å². The van der Waals surface area contributed by atoms with Gasteiger partial charge in [0.05, 0.1) is 11.5 Å². The van der Waals surface area contributed by atoms with E-state index in [1.165, 1.54) is 6.07 Å². The predicted molar refractivity (Wildman–Crippen MR) is 78.0 cm³/mol. The molecular formula is C15H15FN2O3. The molecule has 0 bridgehead atoms. The maximum Gasteiger partial charge on any atom is 0.304 e. The van der Waals surface area contributed by atoms with Gasteiger partial charge in [-0.3, -0.25) is 10.1 Å². The normalized spacial score (nSPS) is 10.2. The summed E-state index contributed by atoms with van der Waals surface area (Å²) in [6, 6.07) is 11.3. The van der Waals surface area contributed by atoms with Gasteiger partial charge in [-0.05, 0) is 19.1 Å². The van der Waals surface area contributed by atoms with E-state index < -0.39 is 16.4 Å². The van der Waals surface area contributed by atoms with Crippen LogP contribution in [-0.2, 0) is 6.54 Å². The van der Waals surface area contributed by atoms with Crippen LogP contribution < -0.4 is 10.1 Å². The summed E-state index contributed by atoms with van der Waals surface area (Å²) in [5.74, 6) is -0.0991. The molecule has 0 unspecified atom stereocenters. The lowest BCUT2D eigenvalue weighted by atomic mass is 10.2. The summed E-state index contributed by atoms with van der Waals surface area (Å²) in [5, 5.41) is 13.6. The number of benzene rings is 2. The highest BCUT2D eigenvalue weighted by Crippen LogP contribution is 2.23. The molecule has 0 aromatic heterocycles. The van der Waals surface area contributed by atoms with Crippen LogP contribution >= 0.6 is 0 Å². The van der Waals surface area contributed by atoms with Crippen molar-refractivity contribution in [3.8, 4) is 5.75 Å². The molecule has 21 heavy (non-hydrogen) atoms. The molecule has 2 aromatic carbocycles. The Kier molecular flexibility index (Phi) is 4.71. The molecule has 5 nitrogen and oxygen atoms in total. The quantitative estimate of drug-likeness (QED) is 0.650. The number of hydrogen-bond donors (Lipinski definition) is 1. The third-order valence-corrected chi connectivity index (χ3v) is 2.90. The molecule has 0 radical (unpaired) electrons. The molecule has 1 N–H and O–H groups in total. The van der Waals surface area contributed by atoms with Crippen molar-refractivity contribution in [3.63, 3.8) is 0 Å². The van der Waals surface area contributed by atoms with Crippen LogP contribution in [0.1, 0.15) is 12.5 Å². The smallest absolute Gasteiger partial charge is 0.304 e. The number of para-hydroxylation sites is 1. The van der Waals surface area contributed by atoms with Gasteiger partial charge >= 0.3 is 5.69 Å². The van der Waals surface area contributed by atoms with Crippen LogP contribution in [-0.4, -0.2) is 11.5 Å². The summed E-state index contributed by atoms with van der Waals surface area (Å²) < 4.78 is 19.0. The zero-order chi connectivity index (χ0) is 15.2. The molecule has 0 spiro atoms. The van der Waals surface area contributed by atoms with Crippen molar-refractivity contribution in [2.45, 2.75) is 13.5 Å². The van der Waals surface area contributed by atoms with E-state index >= 15 is 0 Å². The first-order valence-corrected chi connectivity index (χ1v) is 6.50. The zero-order valence-corrected chi connectivity index (χ0v) is 11.5. The Morgan fingerprint density at radius 3 is 2.71 bits per heavy atom. The number of halogens is 1. The van der Waals surface area contributed by atoms with E-state index in [4.69, 9.17) is 4.74 Å². The van der Waals surface area contributed by atoms with E-state index in [0.29, 0.717) is 18.8 Å². The summed E-state index contributed by atoms with van der Waals surface area (Å²) in [5.41, 5.74) is 0.873. The number of nitro benzene ring substituents is 1. The molecule has 0 amide bonds. The average Bonchev–Trinajstić information content (AvgIpc) is 2.46. The molecule has 0 heterocycles. The van der Waals surface area contributed by atoms with Crippen LogP contribution in [0.2, 0.25) is 0 Å². The largest absolute Gasteiger partial charge is 0.494 e. The van der Waals surface area contributed by atoms with Crippen LogP contribution in [0.4, 0.5) is 15.8 Å². The maximum atomic E-state index is 13.5. The lowest BCUT2D eigenvalue weighted by molar-refractivity contribution is -0.387. The molecule has 0 saturated heterocycles. The fourth-order valence-corrected chi connectivity index (χ4v) is 1.91. The van der Waals surface area contributed by atoms with Crippen molar-refractivity contribution in [1.29, 1.82) is 0 Å². The third-order valence-electron chi connectivity index (χ3n) is 2.90. The minimum Gasteiger partial charge on any atom is -0.494 e. The Bertz CT molecular complexity index is 647. The van der Waals surface area contributed by atoms with Gasteiger partial charge in [0.1, 0.15) is 5.75 Å². The van der Waals surface area contributed by atoms with Crippen molar-refractivity contribution in [2.75, 3.05) is 11.9 Å². The highest BCUT2D eigenvalue weighted by atomic mass is 19.1. The van der Waals surface area contributed by atoms with Crippen LogP contribution in [0.5, 0.6) is 5.75 Å². The van der Waals surface area contributed by atoms with Gasteiger partial charge in [0.15, 0.2) is 0 Å². The van der Waals surface area contributed by atoms with E-state index in [9.17, 15) is 14.5 Å². The zero-order valence-electron chi connectivity index (χ0n) is 11.5. The van der Waals surface area contributed by atoms with Crippen molar-refractivity contribution in [3.05, 3.63) is 64.0 Å². The number of ether oxygens (including phenoxy) is 1. The molecule has 0 fully saturated rings. The first-order valence-electron chi connectivity index (χ1n) is 6.50. The second-order valence-electron chi connectivity index (χ2n) is 4.32. The number of hydrogen-bond acceptors (Lipinski definition) is 4. The summed E-state index contributed by atoms with van der Waals surface area (Å²) in [6.07, 6.45) is 0. The van der Waals surface area contributed by atoms with E-state index in [0.717, 1.165) is 23.4 Å². The molecule has 0 aliphatic rings. The topological polar surface area (TPSA) is 64.4 Å². The monoisotopic (exact) mass is 290 g/mol. The standard InChI is InChI=1S/C15H15FN2O3/c1-2-21-15-6-4-3-5-11(15)10-17-12-7-8-14(18(19)20)13(16)9-12/h3-9,17H,2,10H2,1H3. The number of rotatable bonds is 6. The van der Waals surface area contributed by atoms with Crippen LogP contribution in [0.15, 0.2) is 42.5 Å². The first kappa shape index (κ1) is 14.8. The van der Waals surface area contributed by atoms with Gasteiger partial charge in [-0.25, -0.2) is 0 Å². The molecule has 0 atom stereocenters. The van der Waals surface area contributed by atoms with Gasteiger partial charge in [-0.2, -0.15) is 4.39 Å². The molecule has 0 aliphatic heterocycles. The molecule has 0 saturated carbocycles. The van der Waals surface area contributed by atoms with Gasteiger partial charge in [-0.1, -0.05) is 18.2 Å². The van der Waals surface area contributed by atoms with Gasteiger partial charge in [-0.15, -0.1) is 0 Å². The highest BCUT2D eigenvalue weighted by Gasteiger charge is 2.13. The predicted octanol–water partition coefficient (Wildman–Crippen LogP) is 3.74. The lowest BCUT2D eigenvalue weighted by Gasteiger charge is -2.11. The van der Waals surface area contributed by atoms with Crippen molar-refractivity contribution >= 4 is 11.4 Å². The summed E-state index contributed by atoms with van der Waals surface area (Å²) in [4.78, 5) is 9.81. The number of nitrogens with one attached hydrogen (secondary N) is 1. The minimum atomic E-state index is -0.858. The Hall–Kier alpha value is -2.63. The fraction of sp³-hybridized carbons (Fsp3) is 0.200. The van der Waals surface area contributed by atoms with Gasteiger partial charge in [0, 0.05) is 29.9 Å². The van der Waals surface area contributed by atoms with Crippen LogP contribution in [0.25, 0.3) is 0 Å². The second kappa shape index (κ2) is 6.69. The van der Waals surface area contributed by atoms with Gasteiger partial charge in [0.2, 0.25) is 5.82 Å². The third kappa shape index (κ3) is 3.68. The van der Waals surface area contributed by atoms with Gasteiger partial charge < -0.3 is 10.1 Å². The summed E-state index contributed by atoms with van der Waals surface area (Å²) >= 11 is 0. The molecular weight excluding hydrogens is 275 g/mol. The second-order valence-corrected chi connectivity index (χ2v) is 4.32. The molecule has 2 rings (SSSR count). The van der Waals surface area contributed by atoms with Crippen molar-refractivity contribution in [1.82, 2.24) is 0 Å². The minimum absolute atomic E-state index is 0.438. The average molecular weight is 290 g/mol. The Labute approximate surface area is 121 Å². The first-order chi connectivity index (χ1) is 10.1. The van der Waals surface area contributed by atoms with Crippen LogP contribution in [0.3, 0.4) is 0 Å². The van der Waals surface area contributed by atoms with E-state index in [-0.39, 0.29) is 0 Å². The van der Waals surface area contributed by atoms with Crippen molar-refractivity contribution < 1.29 is 14.1 Å². The van der Waals surface area contributed by atoms with Crippen molar-refractivity contribution in [2.24, 2.45) is 0 Å². The number of nitro groups is 1. The summed E-state index contributed by atoms with van der Waals surface area (Å²) in [6.45, 7) is 2.90. The van der Waals surface area contributed by atoms with E-state index in [1.54, 1.807) is 0 Å². The Balaban J connectivity index is 2.10. The lowest BCUT2D eigenvalue weighted by Crippen LogP contribution is -2.03. The Morgan fingerprint density at radius 1 is 1.29 bits per heavy atom. The molecule has 0 aliphatic carbocycles. The molecule has 110 valence electrons. The SMILES string of the molecule is CCOc1ccccc1CNc1ccc([N+](=O)[O-])c(F)c1. The molecule has 6 heteroatoms. The number of anilines is 1. The Morgan fingerprint density at radius 2 is 2.05 bits per heavy atom.